The fourth-order valence-corrected chi connectivity index (χ4v) is 2.03. The third kappa shape index (κ3) is 3.44. The van der Waals surface area contributed by atoms with E-state index in [1.165, 1.54) is 31.3 Å². The molecule has 1 heterocycles. The first kappa shape index (κ1) is 11.9. The molecule has 92 valence electrons. The van der Waals surface area contributed by atoms with Crippen LogP contribution in [0.3, 0.4) is 0 Å². The summed E-state index contributed by atoms with van der Waals surface area (Å²) < 4.78 is 4.86. The number of allylic oxidation sites excluding steroid dienone is 1. The molecule has 0 radical (unpaired) electrons. The number of amides is 1. The van der Waals surface area contributed by atoms with Crippen LogP contribution in [0.5, 0.6) is 0 Å². The molecule has 0 atom stereocenters. The van der Waals surface area contributed by atoms with Gasteiger partial charge in [-0.15, -0.1) is 0 Å². The number of nitrogens with zero attached hydrogens (tertiary/aromatic N) is 1. The molecule has 4 nitrogen and oxygen atoms in total. The van der Waals surface area contributed by atoms with Crippen LogP contribution in [-0.2, 0) is 0 Å². The highest BCUT2D eigenvalue weighted by atomic mass is 16.5. The quantitative estimate of drug-likeness (QED) is 0.815. The minimum Gasteiger partial charge on any atom is -0.361 e. The predicted octanol–water partition coefficient (Wildman–Crippen LogP) is 2.60. The predicted molar refractivity (Wildman–Crippen MR) is 64.7 cm³/mol. The lowest BCUT2D eigenvalue weighted by molar-refractivity contribution is 0.0945. The summed E-state index contributed by atoms with van der Waals surface area (Å²) in [5, 5.41) is 6.54. The Morgan fingerprint density at radius 1 is 1.53 bits per heavy atom. The van der Waals surface area contributed by atoms with E-state index in [9.17, 15) is 4.79 Å². The average Bonchev–Trinajstić information content (AvgIpc) is 2.77. The van der Waals surface area contributed by atoms with Crippen LogP contribution in [0.15, 0.2) is 22.2 Å². The molecule has 0 spiro atoms. The molecule has 1 aliphatic rings. The first-order valence-electron chi connectivity index (χ1n) is 6.15. The van der Waals surface area contributed by atoms with Gasteiger partial charge in [-0.05, 0) is 39.0 Å². The number of rotatable bonds is 4. The maximum absolute atomic E-state index is 11.6. The smallest absolute Gasteiger partial charge is 0.273 e. The van der Waals surface area contributed by atoms with Crippen LogP contribution < -0.4 is 5.32 Å². The second-order valence-corrected chi connectivity index (χ2v) is 4.44. The monoisotopic (exact) mass is 234 g/mol. The van der Waals surface area contributed by atoms with Crippen LogP contribution >= 0.6 is 0 Å². The SMILES string of the molecule is Cc1cc(C(=O)NCCC2=CCCCC2)no1. The number of aromatic nitrogens is 1. The van der Waals surface area contributed by atoms with E-state index in [-0.39, 0.29) is 5.91 Å². The van der Waals surface area contributed by atoms with Crippen LogP contribution in [0.25, 0.3) is 0 Å². The van der Waals surface area contributed by atoms with Gasteiger partial charge < -0.3 is 9.84 Å². The Morgan fingerprint density at radius 2 is 2.41 bits per heavy atom. The molecule has 1 amide bonds. The van der Waals surface area contributed by atoms with Crippen LogP contribution in [0.1, 0.15) is 48.4 Å². The van der Waals surface area contributed by atoms with E-state index in [1.807, 2.05) is 0 Å². The van der Waals surface area contributed by atoms with Gasteiger partial charge in [0.2, 0.25) is 0 Å². The molecule has 4 heteroatoms. The lowest BCUT2D eigenvalue weighted by atomic mass is 9.97. The van der Waals surface area contributed by atoms with E-state index in [0.29, 0.717) is 18.0 Å². The van der Waals surface area contributed by atoms with E-state index >= 15 is 0 Å². The Kier molecular flexibility index (Phi) is 3.96. The van der Waals surface area contributed by atoms with Crippen molar-refractivity contribution in [2.45, 2.75) is 39.0 Å². The largest absolute Gasteiger partial charge is 0.361 e. The molecule has 1 aromatic heterocycles. The molecule has 0 bridgehead atoms. The van der Waals surface area contributed by atoms with Crippen molar-refractivity contribution in [3.8, 4) is 0 Å². The average molecular weight is 234 g/mol. The zero-order valence-corrected chi connectivity index (χ0v) is 10.2. The lowest BCUT2D eigenvalue weighted by Gasteiger charge is -2.12. The van der Waals surface area contributed by atoms with E-state index in [0.717, 1.165) is 6.42 Å². The molecule has 1 N–H and O–H groups in total. The zero-order chi connectivity index (χ0) is 12.1. The van der Waals surface area contributed by atoms with Crippen molar-refractivity contribution in [1.82, 2.24) is 10.5 Å². The molecule has 17 heavy (non-hydrogen) atoms. The number of hydrogen-bond acceptors (Lipinski definition) is 3. The molecule has 1 aromatic rings. The van der Waals surface area contributed by atoms with Crippen molar-refractivity contribution < 1.29 is 9.32 Å². The minimum atomic E-state index is -0.154. The minimum absolute atomic E-state index is 0.154. The van der Waals surface area contributed by atoms with Crippen molar-refractivity contribution in [2.24, 2.45) is 0 Å². The molecule has 0 aromatic carbocycles. The molecule has 1 aliphatic carbocycles. The molecule has 0 aliphatic heterocycles. The van der Waals surface area contributed by atoms with E-state index in [2.05, 4.69) is 16.5 Å². The first-order valence-corrected chi connectivity index (χ1v) is 6.15. The van der Waals surface area contributed by atoms with Crippen molar-refractivity contribution in [2.75, 3.05) is 6.54 Å². The standard InChI is InChI=1S/C13H18N2O2/c1-10-9-12(15-17-10)13(16)14-8-7-11-5-3-2-4-6-11/h5,9H,2-4,6-8H2,1H3,(H,14,16). The van der Waals surface area contributed by atoms with Crippen molar-refractivity contribution in [3.05, 3.63) is 29.2 Å². The van der Waals surface area contributed by atoms with Gasteiger partial charge in [-0.3, -0.25) is 4.79 Å². The normalized spacial score (nSPS) is 15.5. The number of aryl methyl sites for hydroxylation is 1. The fraction of sp³-hybridized carbons (Fsp3) is 0.538. The van der Waals surface area contributed by atoms with Crippen molar-refractivity contribution >= 4 is 5.91 Å². The molecule has 0 saturated heterocycles. The van der Waals surface area contributed by atoms with Gasteiger partial charge in [-0.2, -0.15) is 0 Å². The summed E-state index contributed by atoms with van der Waals surface area (Å²) in [4.78, 5) is 11.6. The number of carbonyl (C=O) groups excluding carboxylic acids is 1. The van der Waals surface area contributed by atoms with E-state index < -0.39 is 0 Å². The van der Waals surface area contributed by atoms with Gasteiger partial charge in [0.15, 0.2) is 5.69 Å². The summed E-state index contributed by atoms with van der Waals surface area (Å²) in [5.41, 5.74) is 1.83. The van der Waals surface area contributed by atoms with Gasteiger partial charge in [-0.25, -0.2) is 0 Å². The Labute approximate surface area is 101 Å². The van der Waals surface area contributed by atoms with Gasteiger partial charge in [0.1, 0.15) is 5.76 Å². The van der Waals surface area contributed by atoms with Gasteiger partial charge in [0.05, 0.1) is 0 Å². The highest BCUT2D eigenvalue weighted by Crippen LogP contribution is 2.19. The summed E-state index contributed by atoms with van der Waals surface area (Å²) >= 11 is 0. The van der Waals surface area contributed by atoms with Crippen LogP contribution in [0.2, 0.25) is 0 Å². The second-order valence-electron chi connectivity index (χ2n) is 4.44. The summed E-state index contributed by atoms with van der Waals surface area (Å²) in [6.45, 7) is 2.45. The van der Waals surface area contributed by atoms with Crippen LogP contribution in [0.4, 0.5) is 0 Å². The van der Waals surface area contributed by atoms with Crippen molar-refractivity contribution in [1.29, 1.82) is 0 Å². The van der Waals surface area contributed by atoms with Crippen LogP contribution in [-0.4, -0.2) is 17.6 Å². The Morgan fingerprint density at radius 3 is 3.06 bits per heavy atom. The van der Waals surface area contributed by atoms with Gasteiger partial charge in [-0.1, -0.05) is 16.8 Å². The number of hydrogen-bond donors (Lipinski definition) is 1. The maximum Gasteiger partial charge on any atom is 0.273 e. The summed E-state index contributed by atoms with van der Waals surface area (Å²) in [7, 11) is 0. The molecule has 0 fully saturated rings. The highest BCUT2D eigenvalue weighted by molar-refractivity contribution is 5.92. The highest BCUT2D eigenvalue weighted by Gasteiger charge is 2.10. The molecule has 2 rings (SSSR count). The topological polar surface area (TPSA) is 55.1 Å². The van der Waals surface area contributed by atoms with E-state index in [4.69, 9.17) is 4.52 Å². The van der Waals surface area contributed by atoms with Gasteiger partial charge >= 0.3 is 0 Å². The van der Waals surface area contributed by atoms with Gasteiger partial charge in [0, 0.05) is 12.6 Å². The second kappa shape index (κ2) is 5.66. The fourth-order valence-electron chi connectivity index (χ4n) is 2.03. The Hall–Kier alpha value is -1.58. The third-order valence-corrected chi connectivity index (χ3v) is 2.98. The molecular weight excluding hydrogens is 216 g/mol. The lowest BCUT2D eigenvalue weighted by Crippen LogP contribution is -2.25. The molecular formula is C13H18N2O2. The van der Waals surface area contributed by atoms with E-state index in [1.54, 1.807) is 13.0 Å². The number of nitrogens with one attached hydrogen (secondary N) is 1. The first-order chi connectivity index (χ1) is 8.25. The van der Waals surface area contributed by atoms with Gasteiger partial charge in [0.25, 0.3) is 5.91 Å². The Bertz CT molecular complexity index is 421. The Balaban J connectivity index is 1.75. The maximum atomic E-state index is 11.6. The molecule has 0 unspecified atom stereocenters. The molecule has 0 saturated carbocycles. The summed E-state index contributed by atoms with van der Waals surface area (Å²) in [5.74, 6) is 0.503. The number of carbonyl (C=O) groups is 1. The van der Waals surface area contributed by atoms with Crippen molar-refractivity contribution in [3.63, 3.8) is 0 Å². The zero-order valence-electron chi connectivity index (χ0n) is 10.2. The van der Waals surface area contributed by atoms with Crippen LogP contribution in [0, 0.1) is 6.92 Å². The summed E-state index contributed by atoms with van der Waals surface area (Å²) in [6.07, 6.45) is 8.19. The third-order valence-electron chi connectivity index (χ3n) is 2.98. The summed E-state index contributed by atoms with van der Waals surface area (Å²) in [6, 6.07) is 1.65.